The van der Waals surface area contributed by atoms with Crippen LogP contribution < -0.4 is 10.4 Å². The van der Waals surface area contributed by atoms with E-state index in [4.69, 9.17) is 4.43 Å². The van der Waals surface area contributed by atoms with E-state index in [1.165, 1.54) is 16.4 Å². The predicted molar refractivity (Wildman–Crippen MR) is 125 cm³/mol. The van der Waals surface area contributed by atoms with E-state index < -0.39 is 9.04 Å². The second-order valence-electron chi connectivity index (χ2n) is 8.51. The minimum atomic E-state index is -1.96. The predicted octanol–water partition coefficient (Wildman–Crippen LogP) is 3.75. The Bertz CT molecular complexity index is 1160. The number of benzene rings is 3. The zero-order valence-electron chi connectivity index (χ0n) is 17.9. The van der Waals surface area contributed by atoms with Gasteiger partial charge in [0.05, 0.1) is 10.4 Å². The number of nitro benzene ring substituents is 1. The first-order valence-corrected chi connectivity index (χ1v) is 11.8. The van der Waals surface area contributed by atoms with Gasteiger partial charge in [-0.25, -0.2) is 4.98 Å². The molecule has 0 amide bonds. The van der Waals surface area contributed by atoms with Crippen LogP contribution in [0.1, 0.15) is 26.6 Å². The van der Waals surface area contributed by atoms with Gasteiger partial charge in [-0.1, -0.05) is 87.5 Å². The van der Waals surface area contributed by atoms with E-state index in [1.54, 1.807) is 6.07 Å². The summed E-state index contributed by atoms with van der Waals surface area (Å²) in [4.78, 5) is 15.9. The average Bonchev–Trinajstić information content (AvgIpc) is 3.15. The van der Waals surface area contributed by atoms with Gasteiger partial charge in [0.2, 0.25) is 9.04 Å². The Morgan fingerprint density at radius 1 is 0.935 bits per heavy atom. The summed E-state index contributed by atoms with van der Waals surface area (Å²) in [6.07, 6.45) is 0. The third kappa shape index (κ3) is 4.28. The normalized spacial score (nSPS) is 11.9. The molecule has 0 aliphatic rings. The van der Waals surface area contributed by atoms with Crippen LogP contribution in [0.3, 0.4) is 0 Å². The molecule has 0 fully saturated rings. The summed E-state index contributed by atoms with van der Waals surface area (Å²) in [5.74, 6) is 0.769. The lowest BCUT2D eigenvalue weighted by molar-refractivity contribution is -0.383. The number of aromatic nitrogens is 2. The Labute approximate surface area is 183 Å². The maximum absolute atomic E-state index is 11.6. The van der Waals surface area contributed by atoms with Gasteiger partial charge in [0.15, 0.2) is 5.52 Å². The summed E-state index contributed by atoms with van der Waals surface area (Å²) in [5, 5.41) is 13.9. The molecule has 31 heavy (non-hydrogen) atoms. The number of hydrogen-bond acceptors (Lipinski definition) is 4. The summed E-state index contributed by atoms with van der Waals surface area (Å²) in [7, 11) is -1.96. The van der Waals surface area contributed by atoms with Crippen molar-refractivity contribution < 1.29 is 9.35 Å². The van der Waals surface area contributed by atoms with Crippen molar-refractivity contribution in [2.75, 3.05) is 0 Å². The van der Waals surface area contributed by atoms with E-state index >= 15 is 0 Å². The molecule has 6 nitrogen and oxygen atoms in total. The third-order valence-electron chi connectivity index (χ3n) is 5.20. The number of rotatable bonds is 6. The minimum Gasteiger partial charge on any atom is -0.393 e. The summed E-state index contributed by atoms with van der Waals surface area (Å²) < 4.78 is 8.58. The molecule has 158 valence electrons. The molecular formula is C24H25N3O3Si. The molecular weight excluding hydrogens is 406 g/mol. The molecule has 1 aromatic heterocycles. The number of imidazole rings is 1. The number of non-ortho nitro benzene ring substituents is 1. The Kier molecular flexibility index (Phi) is 5.71. The second kappa shape index (κ2) is 8.45. The van der Waals surface area contributed by atoms with Gasteiger partial charge in [0.25, 0.3) is 5.69 Å². The lowest BCUT2D eigenvalue weighted by atomic mass is 9.96. The Balaban J connectivity index is 1.78. The number of fused-ring (bicyclic) bond motifs is 1. The Hall–Kier alpha value is -3.29. The van der Waals surface area contributed by atoms with E-state index in [0.717, 1.165) is 5.82 Å². The standard InChI is InChI=1S/C24H25N3O3Si/c1-24(2,3)23-25-22-20(15-10-16-21(22)27(28)29)26(23)17-30-31(18-11-6-4-7-12-18)19-13-8-5-9-14-19/h4-16,31H,17H2,1-3H3. The van der Waals surface area contributed by atoms with Crippen LogP contribution in [0, 0.1) is 10.1 Å². The molecule has 4 aromatic rings. The zero-order valence-corrected chi connectivity index (χ0v) is 19.0. The van der Waals surface area contributed by atoms with Crippen LogP contribution in [-0.2, 0) is 16.6 Å². The molecule has 0 radical (unpaired) electrons. The van der Waals surface area contributed by atoms with Gasteiger partial charge in [-0.3, -0.25) is 10.1 Å². The van der Waals surface area contributed by atoms with Gasteiger partial charge in [-0.2, -0.15) is 0 Å². The van der Waals surface area contributed by atoms with Crippen molar-refractivity contribution in [1.82, 2.24) is 9.55 Å². The van der Waals surface area contributed by atoms with E-state index in [-0.39, 0.29) is 22.8 Å². The smallest absolute Gasteiger partial charge is 0.297 e. The molecule has 0 unspecified atom stereocenters. The number of hydrogen-bond donors (Lipinski definition) is 0. The van der Waals surface area contributed by atoms with Crippen molar-refractivity contribution in [3.05, 3.63) is 94.8 Å². The van der Waals surface area contributed by atoms with E-state index in [2.05, 4.69) is 50.0 Å². The molecule has 0 saturated heterocycles. The quantitative estimate of drug-likeness (QED) is 0.265. The lowest BCUT2D eigenvalue weighted by Crippen LogP contribution is -2.45. The van der Waals surface area contributed by atoms with Crippen LogP contribution in [0.4, 0.5) is 5.69 Å². The molecule has 0 saturated carbocycles. The third-order valence-corrected chi connectivity index (χ3v) is 7.66. The zero-order chi connectivity index (χ0) is 22.0. The van der Waals surface area contributed by atoms with Crippen LogP contribution in [0.2, 0.25) is 0 Å². The summed E-state index contributed by atoms with van der Waals surface area (Å²) in [6.45, 7) is 6.45. The van der Waals surface area contributed by atoms with Crippen LogP contribution in [0.5, 0.6) is 0 Å². The largest absolute Gasteiger partial charge is 0.393 e. The van der Waals surface area contributed by atoms with Gasteiger partial charge in [0.1, 0.15) is 12.6 Å². The maximum Gasteiger partial charge on any atom is 0.297 e. The van der Waals surface area contributed by atoms with Crippen molar-refractivity contribution in [2.24, 2.45) is 0 Å². The highest BCUT2D eigenvalue weighted by Crippen LogP contribution is 2.31. The first-order valence-electron chi connectivity index (χ1n) is 10.2. The van der Waals surface area contributed by atoms with Crippen molar-refractivity contribution in [3.8, 4) is 0 Å². The van der Waals surface area contributed by atoms with Crippen LogP contribution in [0.15, 0.2) is 78.9 Å². The van der Waals surface area contributed by atoms with Crippen molar-refractivity contribution in [1.29, 1.82) is 0 Å². The van der Waals surface area contributed by atoms with Gasteiger partial charge in [-0.05, 0) is 16.4 Å². The first-order chi connectivity index (χ1) is 14.9. The first kappa shape index (κ1) is 21.0. The van der Waals surface area contributed by atoms with Crippen LogP contribution in [-0.4, -0.2) is 23.5 Å². The number of para-hydroxylation sites is 1. The van der Waals surface area contributed by atoms with Gasteiger partial charge < -0.3 is 8.99 Å². The molecule has 0 N–H and O–H groups in total. The summed E-state index contributed by atoms with van der Waals surface area (Å²) in [5.41, 5.74) is 0.834. The highest BCUT2D eigenvalue weighted by Gasteiger charge is 2.27. The highest BCUT2D eigenvalue weighted by atomic mass is 28.3. The Morgan fingerprint density at radius 3 is 2.03 bits per heavy atom. The highest BCUT2D eigenvalue weighted by molar-refractivity contribution is 6.79. The molecule has 0 spiro atoms. The molecule has 0 bridgehead atoms. The molecule has 7 heteroatoms. The number of nitrogens with zero attached hydrogens (tertiary/aromatic N) is 3. The van der Waals surface area contributed by atoms with Crippen LogP contribution in [0.25, 0.3) is 11.0 Å². The number of nitro groups is 1. The summed E-state index contributed by atoms with van der Waals surface area (Å²) >= 11 is 0. The van der Waals surface area contributed by atoms with Crippen LogP contribution >= 0.6 is 0 Å². The van der Waals surface area contributed by atoms with Gasteiger partial charge in [-0.15, -0.1) is 0 Å². The van der Waals surface area contributed by atoms with Crippen molar-refractivity contribution in [3.63, 3.8) is 0 Å². The lowest BCUT2D eigenvalue weighted by Gasteiger charge is -2.23. The monoisotopic (exact) mass is 431 g/mol. The fourth-order valence-corrected chi connectivity index (χ4v) is 5.98. The molecule has 4 rings (SSSR count). The van der Waals surface area contributed by atoms with E-state index in [1.807, 2.05) is 47.0 Å². The second-order valence-corrected chi connectivity index (χ2v) is 10.9. The molecule has 0 aliphatic heterocycles. The van der Waals surface area contributed by atoms with Crippen molar-refractivity contribution in [2.45, 2.75) is 32.9 Å². The average molecular weight is 432 g/mol. The molecule has 1 heterocycles. The molecule has 0 aliphatic carbocycles. The fourth-order valence-electron chi connectivity index (χ4n) is 3.77. The Morgan fingerprint density at radius 2 is 1.52 bits per heavy atom. The van der Waals surface area contributed by atoms with Gasteiger partial charge in [0, 0.05) is 11.5 Å². The van der Waals surface area contributed by atoms with Gasteiger partial charge >= 0.3 is 0 Å². The van der Waals surface area contributed by atoms with E-state index in [9.17, 15) is 10.1 Å². The SMILES string of the molecule is CC(C)(C)c1nc2c([N+](=O)[O-])cccc2n1CO[SiH](c1ccccc1)c1ccccc1. The van der Waals surface area contributed by atoms with E-state index in [0.29, 0.717) is 11.0 Å². The minimum absolute atomic E-state index is 0.0154. The summed E-state index contributed by atoms with van der Waals surface area (Å²) in [6, 6.07) is 25.6. The molecule has 0 atom stereocenters. The fraction of sp³-hybridized carbons (Fsp3) is 0.208. The maximum atomic E-state index is 11.6. The topological polar surface area (TPSA) is 70.2 Å². The van der Waals surface area contributed by atoms with Crippen molar-refractivity contribution >= 4 is 36.1 Å². The molecule has 3 aromatic carbocycles.